The predicted molar refractivity (Wildman–Crippen MR) is 66.8 cm³/mol. The topological polar surface area (TPSA) is 37.4 Å². The lowest BCUT2D eigenvalue weighted by Crippen LogP contribution is -2.35. The van der Waals surface area contributed by atoms with Gasteiger partial charge in [-0.3, -0.25) is 0 Å². The molecule has 3 nitrogen and oxygen atoms in total. The number of sulfonamides is 1. The molecule has 0 aliphatic heterocycles. The summed E-state index contributed by atoms with van der Waals surface area (Å²) in [7, 11) is -1.32. The van der Waals surface area contributed by atoms with Crippen LogP contribution in [0.15, 0.2) is 0 Å². The van der Waals surface area contributed by atoms with Crippen LogP contribution in [-0.4, -0.2) is 36.4 Å². The van der Waals surface area contributed by atoms with E-state index in [0.717, 1.165) is 32.1 Å². The van der Waals surface area contributed by atoms with Crippen molar-refractivity contribution in [2.75, 3.05) is 13.6 Å². The van der Waals surface area contributed by atoms with Crippen molar-refractivity contribution < 1.29 is 8.42 Å². The standard InChI is InChI=1S/C10H20BrNO2S/c1-9(11)7-8-12(2)15(13,14)10-5-3-4-6-10/h9-10H,3-8H2,1-2H3. The van der Waals surface area contributed by atoms with E-state index >= 15 is 0 Å². The highest BCUT2D eigenvalue weighted by atomic mass is 79.9. The van der Waals surface area contributed by atoms with Crippen molar-refractivity contribution in [3.05, 3.63) is 0 Å². The molecule has 1 fully saturated rings. The molecule has 0 aromatic carbocycles. The van der Waals surface area contributed by atoms with Crippen LogP contribution in [-0.2, 0) is 10.0 Å². The zero-order chi connectivity index (χ0) is 11.5. The maximum absolute atomic E-state index is 12.1. The second kappa shape index (κ2) is 5.64. The fraction of sp³-hybridized carbons (Fsp3) is 1.00. The zero-order valence-electron chi connectivity index (χ0n) is 9.45. The summed E-state index contributed by atoms with van der Waals surface area (Å²) in [6.45, 7) is 2.65. The smallest absolute Gasteiger partial charge is 0.212 e. The molecule has 90 valence electrons. The highest BCUT2D eigenvalue weighted by Crippen LogP contribution is 2.26. The fourth-order valence-corrected chi connectivity index (χ4v) is 3.93. The lowest BCUT2D eigenvalue weighted by Gasteiger charge is -2.21. The molecule has 0 aromatic heterocycles. The first kappa shape index (κ1) is 13.5. The van der Waals surface area contributed by atoms with E-state index in [1.54, 1.807) is 7.05 Å². The molecule has 1 aliphatic carbocycles. The lowest BCUT2D eigenvalue weighted by atomic mass is 10.3. The first-order valence-electron chi connectivity index (χ1n) is 5.54. The van der Waals surface area contributed by atoms with E-state index in [4.69, 9.17) is 0 Å². The second-order valence-electron chi connectivity index (χ2n) is 4.34. The van der Waals surface area contributed by atoms with Crippen LogP contribution in [0, 0.1) is 0 Å². The third kappa shape index (κ3) is 3.71. The van der Waals surface area contributed by atoms with Crippen molar-refractivity contribution in [1.82, 2.24) is 4.31 Å². The molecule has 0 N–H and O–H groups in total. The minimum atomic E-state index is -3.02. The third-order valence-corrected chi connectivity index (χ3v) is 5.82. The monoisotopic (exact) mass is 297 g/mol. The largest absolute Gasteiger partial charge is 0.216 e. The average Bonchev–Trinajstić information content (AvgIpc) is 2.66. The Hall–Kier alpha value is 0.390. The van der Waals surface area contributed by atoms with Crippen molar-refractivity contribution in [3.8, 4) is 0 Å². The summed E-state index contributed by atoms with van der Waals surface area (Å²) in [4.78, 5) is 0.374. The van der Waals surface area contributed by atoms with Gasteiger partial charge in [0.25, 0.3) is 0 Å². The van der Waals surface area contributed by atoms with Gasteiger partial charge in [-0.05, 0) is 19.3 Å². The lowest BCUT2D eigenvalue weighted by molar-refractivity contribution is 0.451. The molecule has 0 amide bonds. The van der Waals surface area contributed by atoms with E-state index in [2.05, 4.69) is 15.9 Å². The van der Waals surface area contributed by atoms with Crippen LogP contribution in [0.5, 0.6) is 0 Å². The zero-order valence-corrected chi connectivity index (χ0v) is 11.8. The summed E-state index contributed by atoms with van der Waals surface area (Å²) in [5.41, 5.74) is 0. The highest BCUT2D eigenvalue weighted by Gasteiger charge is 2.31. The molecule has 5 heteroatoms. The van der Waals surface area contributed by atoms with E-state index < -0.39 is 10.0 Å². The van der Waals surface area contributed by atoms with Crippen LogP contribution in [0.1, 0.15) is 39.0 Å². The number of rotatable bonds is 5. The van der Waals surface area contributed by atoms with Gasteiger partial charge in [0.15, 0.2) is 0 Å². The van der Waals surface area contributed by atoms with Gasteiger partial charge in [0.1, 0.15) is 0 Å². The van der Waals surface area contributed by atoms with Gasteiger partial charge in [0.05, 0.1) is 5.25 Å². The van der Waals surface area contributed by atoms with Crippen molar-refractivity contribution in [3.63, 3.8) is 0 Å². The van der Waals surface area contributed by atoms with Gasteiger partial charge in [-0.25, -0.2) is 12.7 Å². The molecule has 0 bridgehead atoms. The molecule has 0 spiro atoms. The first-order chi connectivity index (χ1) is 6.94. The van der Waals surface area contributed by atoms with Gasteiger partial charge in [-0.2, -0.15) is 0 Å². The molecule has 1 saturated carbocycles. The summed E-state index contributed by atoms with van der Waals surface area (Å²) in [5.74, 6) is 0. The van der Waals surface area contributed by atoms with Crippen LogP contribution in [0.25, 0.3) is 0 Å². The van der Waals surface area contributed by atoms with Gasteiger partial charge < -0.3 is 0 Å². The fourth-order valence-electron chi connectivity index (χ4n) is 1.93. The molecule has 1 rings (SSSR count). The van der Waals surface area contributed by atoms with Crippen molar-refractivity contribution in [1.29, 1.82) is 0 Å². The van der Waals surface area contributed by atoms with E-state index in [-0.39, 0.29) is 5.25 Å². The Morgan fingerprint density at radius 2 is 1.93 bits per heavy atom. The Labute approximate surface area is 101 Å². The van der Waals surface area contributed by atoms with Crippen LogP contribution in [0.4, 0.5) is 0 Å². The Morgan fingerprint density at radius 3 is 2.40 bits per heavy atom. The van der Waals surface area contributed by atoms with Crippen LogP contribution >= 0.6 is 15.9 Å². The van der Waals surface area contributed by atoms with E-state index in [1.165, 1.54) is 4.31 Å². The van der Waals surface area contributed by atoms with Gasteiger partial charge in [-0.1, -0.05) is 35.7 Å². The van der Waals surface area contributed by atoms with Crippen LogP contribution < -0.4 is 0 Å². The maximum Gasteiger partial charge on any atom is 0.216 e. The third-order valence-electron chi connectivity index (χ3n) is 3.00. The van der Waals surface area contributed by atoms with Gasteiger partial charge in [0.2, 0.25) is 10.0 Å². The van der Waals surface area contributed by atoms with Crippen LogP contribution in [0.3, 0.4) is 0 Å². The molecule has 1 aliphatic rings. The molecular formula is C10H20BrNO2S. The summed E-state index contributed by atoms with van der Waals surface area (Å²) < 4.78 is 25.6. The first-order valence-corrected chi connectivity index (χ1v) is 7.95. The van der Waals surface area contributed by atoms with E-state index in [9.17, 15) is 8.42 Å². The Kier molecular flexibility index (Phi) is 5.06. The maximum atomic E-state index is 12.1. The van der Waals surface area contributed by atoms with Gasteiger partial charge >= 0.3 is 0 Å². The van der Waals surface area contributed by atoms with Crippen molar-refractivity contribution in [2.24, 2.45) is 0 Å². The summed E-state index contributed by atoms with van der Waals surface area (Å²) in [5, 5.41) is -0.117. The number of hydrogen-bond acceptors (Lipinski definition) is 2. The van der Waals surface area contributed by atoms with E-state index in [1.807, 2.05) is 6.92 Å². The average molecular weight is 298 g/mol. The minimum absolute atomic E-state index is 0.117. The van der Waals surface area contributed by atoms with Crippen molar-refractivity contribution >= 4 is 26.0 Å². The highest BCUT2D eigenvalue weighted by molar-refractivity contribution is 9.09. The molecule has 1 unspecified atom stereocenters. The van der Waals surface area contributed by atoms with Crippen LogP contribution in [0.2, 0.25) is 0 Å². The minimum Gasteiger partial charge on any atom is -0.212 e. The summed E-state index contributed by atoms with van der Waals surface area (Å²) >= 11 is 3.43. The molecule has 15 heavy (non-hydrogen) atoms. The van der Waals surface area contributed by atoms with Gasteiger partial charge in [-0.15, -0.1) is 0 Å². The number of alkyl halides is 1. The number of halogens is 1. The quantitative estimate of drug-likeness (QED) is 0.731. The molecule has 0 aromatic rings. The Morgan fingerprint density at radius 1 is 1.40 bits per heavy atom. The number of hydrogen-bond donors (Lipinski definition) is 0. The summed E-state index contributed by atoms with van der Waals surface area (Å²) in [6.07, 6.45) is 4.68. The SMILES string of the molecule is CC(Br)CCN(C)S(=O)(=O)C1CCCC1. The molecule has 1 atom stereocenters. The Balaban J connectivity index is 2.52. The Bertz CT molecular complexity index is 284. The normalized spacial score (nSPS) is 21.1. The van der Waals surface area contributed by atoms with Gasteiger partial charge in [0, 0.05) is 18.4 Å². The summed E-state index contributed by atoms with van der Waals surface area (Å²) in [6, 6.07) is 0. The molecule has 0 radical (unpaired) electrons. The molecular weight excluding hydrogens is 278 g/mol. The number of nitrogens with zero attached hydrogens (tertiary/aromatic N) is 1. The molecule has 0 heterocycles. The molecule has 0 saturated heterocycles. The second-order valence-corrected chi connectivity index (χ2v) is 8.23. The van der Waals surface area contributed by atoms with E-state index in [0.29, 0.717) is 11.4 Å². The van der Waals surface area contributed by atoms with Crippen molar-refractivity contribution in [2.45, 2.75) is 49.1 Å². The predicted octanol–water partition coefficient (Wildman–Crippen LogP) is 2.36.